The van der Waals surface area contributed by atoms with Crippen LogP contribution >= 0.6 is 11.6 Å². The van der Waals surface area contributed by atoms with Crippen molar-refractivity contribution in [3.8, 4) is 0 Å². The molecule has 1 aromatic carbocycles. The molecule has 0 bridgehead atoms. The number of halogens is 5. The highest BCUT2D eigenvalue weighted by atomic mass is 35.5. The topological polar surface area (TPSA) is 84.7 Å². The van der Waals surface area contributed by atoms with E-state index in [0.29, 0.717) is 5.56 Å². The number of alkyl halides is 3. The van der Waals surface area contributed by atoms with Crippen molar-refractivity contribution < 1.29 is 31.9 Å². The fourth-order valence-electron chi connectivity index (χ4n) is 4.45. The van der Waals surface area contributed by atoms with Crippen molar-refractivity contribution in [3.05, 3.63) is 34.6 Å². The van der Waals surface area contributed by atoms with Gasteiger partial charge in [0, 0.05) is 19.0 Å². The molecule has 1 aromatic rings. The van der Waals surface area contributed by atoms with E-state index in [1.54, 1.807) is 6.92 Å². The number of piperazine rings is 1. The first-order valence-corrected chi connectivity index (χ1v) is 9.80. The zero-order valence-corrected chi connectivity index (χ0v) is 16.9. The van der Waals surface area contributed by atoms with Gasteiger partial charge >= 0.3 is 12.2 Å². The van der Waals surface area contributed by atoms with Gasteiger partial charge in [-0.25, -0.2) is 9.18 Å². The molecule has 11 heteroatoms. The normalized spacial score (nSPS) is 27.9. The lowest BCUT2D eigenvalue weighted by atomic mass is 9.62. The van der Waals surface area contributed by atoms with Gasteiger partial charge in [0.15, 0.2) is 0 Å². The lowest BCUT2D eigenvalue weighted by molar-refractivity contribution is -0.199. The highest BCUT2D eigenvalue weighted by Crippen LogP contribution is 2.49. The Balaban J connectivity index is 1.93. The highest BCUT2D eigenvalue weighted by molar-refractivity contribution is 6.30. The van der Waals surface area contributed by atoms with Crippen molar-refractivity contribution in [1.29, 1.82) is 0 Å². The van der Waals surface area contributed by atoms with Crippen molar-refractivity contribution in [2.45, 2.75) is 43.5 Å². The fraction of sp³-hybridized carbons (Fsp3) is 0.579. The molecule has 1 aliphatic heterocycles. The molecule has 2 aliphatic rings. The summed E-state index contributed by atoms with van der Waals surface area (Å²) in [5.74, 6) is -2.07. The number of rotatable bonds is 5. The smallest absolute Gasteiger partial charge is 0.369 e. The van der Waals surface area contributed by atoms with Crippen LogP contribution in [0.2, 0.25) is 5.02 Å². The lowest BCUT2D eigenvalue weighted by Crippen LogP contribution is -2.69. The van der Waals surface area contributed by atoms with Crippen LogP contribution in [-0.2, 0) is 9.53 Å². The number of primary amides is 1. The van der Waals surface area contributed by atoms with E-state index in [1.165, 1.54) is 17.0 Å². The summed E-state index contributed by atoms with van der Waals surface area (Å²) in [5, 5.41) is 2.56. The van der Waals surface area contributed by atoms with Crippen LogP contribution in [0.5, 0.6) is 0 Å². The van der Waals surface area contributed by atoms with E-state index in [0.717, 1.165) is 6.07 Å². The molecule has 1 saturated carbocycles. The number of carbonyl (C=O) groups is 2. The van der Waals surface area contributed by atoms with E-state index in [9.17, 15) is 27.2 Å². The number of urea groups is 1. The molecule has 2 fully saturated rings. The van der Waals surface area contributed by atoms with Gasteiger partial charge in [0.1, 0.15) is 18.0 Å². The molecule has 3 amide bonds. The zero-order valence-electron chi connectivity index (χ0n) is 16.1. The number of nitrogens with two attached hydrogens (primary N) is 1. The molecular weight excluding hydrogens is 430 g/mol. The molecular formula is C19H22ClF4N3O3. The minimum atomic E-state index is -4.44. The number of carbonyl (C=O) groups excluding carboxylic acids is 2. The second-order valence-corrected chi connectivity index (χ2v) is 8.23. The molecule has 1 saturated heterocycles. The molecule has 1 unspecified atom stereocenters. The van der Waals surface area contributed by atoms with Gasteiger partial charge in [0.05, 0.1) is 11.1 Å². The number of nitrogens with one attached hydrogen (secondary N) is 1. The summed E-state index contributed by atoms with van der Waals surface area (Å²) in [6.45, 7) is 0.584. The predicted molar refractivity (Wildman–Crippen MR) is 100 cm³/mol. The maximum Gasteiger partial charge on any atom is 0.411 e. The van der Waals surface area contributed by atoms with Gasteiger partial charge < -0.3 is 20.7 Å². The third-order valence-corrected chi connectivity index (χ3v) is 6.19. The molecule has 2 atom stereocenters. The molecule has 166 valence electrons. The largest absolute Gasteiger partial charge is 0.411 e. The monoisotopic (exact) mass is 451 g/mol. The Bertz CT molecular complexity index is 832. The minimum absolute atomic E-state index is 0.160. The van der Waals surface area contributed by atoms with E-state index >= 15 is 0 Å². The standard InChI is InChI=1S/C19H22ClF4N3O3/c1-18(16(28)26-4-5-27(18)17(25)29)15(10-2-3-14(21)13(20)8-10)11-6-12(7-11)30-9-19(22,23)24/h2-3,8,11-12,15H,4-7,9H2,1H3,(H2,25,29)(H,26,28)/t11?,12?,15-,18?/m1/s1. The average Bonchev–Trinajstić information content (AvgIpc) is 2.60. The van der Waals surface area contributed by atoms with Crippen molar-refractivity contribution >= 4 is 23.5 Å². The maximum atomic E-state index is 13.7. The summed E-state index contributed by atoms with van der Waals surface area (Å²) in [4.78, 5) is 26.3. The van der Waals surface area contributed by atoms with Crippen LogP contribution < -0.4 is 11.1 Å². The van der Waals surface area contributed by atoms with Crippen molar-refractivity contribution in [2.24, 2.45) is 11.7 Å². The van der Waals surface area contributed by atoms with E-state index in [-0.39, 0.29) is 36.9 Å². The van der Waals surface area contributed by atoms with Gasteiger partial charge in [-0.2, -0.15) is 13.2 Å². The number of ether oxygens (including phenoxy) is 1. The van der Waals surface area contributed by atoms with E-state index in [4.69, 9.17) is 22.1 Å². The molecule has 3 N–H and O–H groups in total. The number of hydrogen-bond donors (Lipinski definition) is 2. The SMILES string of the molecule is CC1([C@H](c2ccc(F)c(Cl)c2)C2CC(OCC(F)(F)F)C2)C(=O)NCCN1C(N)=O. The molecule has 0 radical (unpaired) electrons. The highest BCUT2D eigenvalue weighted by Gasteiger charge is 2.55. The Morgan fingerprint density at radius 2 is 2.10 bits per heavy atom. The zero-order chi connectivity index (χ0) is 22.3. The van der Waals surface area contributed by atoms with Gasteiger partial charge in [-0.1, -0.05) is 17.7 Å². The van der Waals surface area contributed by atoms with Crippen LogP contribution in [0.3, 0.4) is 0 Å². The first kappa shape index (κ1) is 22.6. The quantitative estimate of drug-likeness (QED) is 0.674. The van der Waals surface area contributed by atoms with Crippen molar-refractivity contribution in [1.82, 2.24) is 10.2 Å². The second-order valence-electron chi connectivity index (χ2n) is 7.82. The Kier molecular flexibility index (Phi) is 6.20. The van der Waals surface area contributed by atoms with Gasteiger partial charge in [0.2, 0.25) is 5.91 Å². The number of nitrogens with zero attached hydrogens (tertiary/aromatic N) is 1. The molecule has 1 aliphatic carbocycles. The lowest BCUT2D eigenvalue weighted by Gasteiger charge is -2.52. The van der Waals surface area contributed by atoms with Crippen LogP contribution in [0, 0.1) is 11.7 Å². The minimum Gasteiger partial charge on any atom is -0.369 e. The molecule has 30 heavy (non-hydrogen) atoms. The van der Waals surface area contributed by atoms with Crippen molar-refractivity contribution in [3.63, 3.8) is 0 Å². The predicted octanol–water partition coefficient (Wildman–Crippen LogP) is 3.19. The second kappa shape index (κ2) is 8.22. The average molecular weight is 452 g/mol. The molecule has 0 spiro atoms. The summed E-state index contributed by atoms with van der Waals surface area (Å²) >= 11 is 5.94. The van der Waals surface area contributed by atoms with Gasteiger partial charge in [-0.3, -0.25) is 4.79 Å². The molecule has 0 aromatic heterocycles. The van der Waals surface area contributed by atoms with Gasteiger partial charge in [0.25, 0.3) is 0 Å². The summed E-state index contributed by atoms with van der Waals surface area (Å²) in [6.07, 6.45) is -4.59. The first-order valence-electron chi connectivity index (χ1n) is 9.42. The third kappa shape index (κ3) is 4.34. The summed E-state index contributed by atoms with van der Waals surface area (Å²) in [5.41, 5.74) is 4.60. The molecule has 3 rings (SSSR count). The van der Waals surface area contributed by atoms with Gasteiger partial charge in [-0.05, 0) is 43.4 Å². The Morgan fingerprint density at radius 3 is 2.67 bits per heavy atom. The third-order valence-electron chi connectivity index (χ3n) is 5.90. The molecule has 1 heterocycles. The van der Waals surface area contributed by atoms with E-state index in [1.807, 2.05) is 0 Å². The fourth-order valence-corrected chi connectivity index (χ4v) is 4.64. The van der Waals surface area contributed by atoms with Crippen LogP contribution in [0.1, 0.15) is 31.2 Å². The van der Waals surface area contributed by atoms with E-state index in [2.05, 4.69) is 5.32 Å². The summed E-state index contributed by atoms with van der Waals surface area (Å²) < 4.78 is 55.9. The maximum absolute atomic E-state index is 13.7. The summed E-state index contributed by atoms with van der Waals surface area (Å²) in [7, 11) is 0. The van der Waals surface area contributed by atoms with E-state index < -0.39 is 48.1 Å². The van der Waals surface area contributed by atoms with Crippen LogP contribution in [0.4, 0.5) is 22.4 Å². The van der Waals surface area contributed by atoms with Gasteiger partial charge in [-0.15, -0.1) is 0 Å². The first-order chi connectivity index (χ1) is 13.9. The number of benzene rings is 1. The van der Waals surface area contributed by atoms with Crippen molar-refractivity contribution in [2.75, 3.05) is 19.7 Å². The number of amides is 3. The van der Waals surface area contributed by atoms with Crippen LogP contribution in [0.15, 0.2) is 18.2 Å². The Labute approximate surface area is 175 Å². The van der Waals surface area contributed by atoms with Crippen LogP contribution in [0.25, 0.3) is 0 Å². The number of hydrogen-bond acceptors (Lipinski definition) is 3. The Hall–Kier alpha value is -2.07. The summed E-state index contributed by atoms with van der Waals surface area (Å²) in [6, 6.07) is 3.19. The van der Waals surface area contributed by atoms with Crippen LogP contribution in [-0.4, -0.2) is 54.4 Å². The molecule has 6 nitrogen and oxygen atoms in total. The Morgan fingerprint density at radius 1 is 1.43 bits per heavy atom.